The fraction of sp³-hybridized carbons (Fsp3) is 0.733. The van der Waals surface area contributed by atoms with E-state index in [0.717, 1.165) is 6.54 Å². The molecule has 1 fully saturated rings. The summed E-state index contributed by atoms with van der Waals surface area (Å²) in [4.78, 5) is 16.1. The fourth-order valence-electron chi connectivity index (χ4n) is 2.39. The van der Waals surface area contributed by atoms with E-state index in [4.69, 9.17) is 6.42 Å². The Morgan fingerprint density at radius 3 is 2.62 bits per heavy atom. The van der Waals surface area contributed by atoms with Crippen LogP contribution in [0.2, 0.25) is 0 Å². The number of hydrogen-bond acceptors (Lipinski definition) is 2. The van der Waals surface area contributed by atoms with E-state index in [0.29, 0.717) is 37.9 Å². The van der Waals surface area contributed by atoms with Crippen molar-refractivity contribution in [2.45, 2.75) is 39.0 Å². The Labute approximate surface area is 145 Å². The average Bonchev–Trinajstić information content (AvgIpc) is 2.93. The predicted molar refractivity (Wildman–Crippen MR) is 97.8 cm³/mol. The summed E-state index contributed by atoms with van der Waals surface area (Å²) in [5, 5.41) is 9.02. The second kappa shape index (κ2) is 12.7. The molecule has 1 saturated carbocycles. The van der Waals surface area contributed by atoms with Crippen molar-refractivity contribution in [3.05, 3.63) is 0 Å². The summed E-state index contributed by atoms with van der Waals surface area (Å²) >= 11 is 0. The third kappa shape index (κ3) is 9.56. The zero-order chi connectivity index (χ0) is 14.6. The summed E-state index contributed by atoms with van der Waals surface area (Å²) in [5.41, 5.74) is 0. The van der Waals surface area contributed by atoms with Crippen molar-refractivity contribution >= 4 is 35.8 Å². The number of carbonyl (C=O) groups is 1. The number of amides is 1. The second-order valence-corrected chi connectivity index (χ2v) is 5.02. The maximum atomic E-state index is 11.7. The van der Waals surface area contributed by atoms with Gasteiger partial charge in [0.1, 0.15) is 0 Å². The lowest BCUT2D eigenvalue weighted by Gasteiger charge is -2.10. The molecule has 0 aromatic rings. The minimum atomic E-state index is 0. The standard InChI is InChI=1S/C15H26N4O.HI/c1-3-9-18-15(16-4-2)19-11-10-17-14(20)12-13-7-5-6-8-13;/h1,13H,4-12H2,2H3,(H,17,20)(H2,16,18,19);1H. The Bertz CT molecular complexity index is 359. The second-order valence-electron chi connectivity index (χ2n) is 5.02. The van der Waals surface area contributed by atoms with Crippen LogP contribution in [0.25, 0.3) is 0 Å². The molecule has 1 aliphatic rings. The Balaban J connectivity index is 0.00000400. The highest BCUT2D eigenvalue weighted by Gasteiger charge is 2.17. The van der Waals surface area contributed by atoms with Crippen LogP contribution in [0, 0.1) is 18.3 Å². The van der Waals surface area contributed by atoms with Gasteiger partial charge in [0.15, 0.2) is 5.96 Å². The molecule has 0 unspecified atom stereocenters. The van der Waals surface area contributed by atoms with Gasteiger partial charge in [0.25, 0.3) is 0 Å². The molecule has 120 valence electrons. The normalized spacial score (nSPS) is 15.0. The van der Waals surface area contributed by atoms with Crippen molar-refractivity contribution in [2.24, 2.45) is 10.9 Å². The monoisotopic (exact) mass is 406 g/mol. The maximum Gasteiger partial charge on any atom is 0.220 e. The maximum absolute atomic E-state index is 11.7. The molecule has 5 nitrogen and oxygen atoms in total. The summed E-state index contributed by atoms with van der Waals surface area (Å²) in [5.74, 6) is 3.93. The van der Waals surface area contributed by atoms with Crippen molar-refractivity contribution < 1.29 is 4.79 Å². The SMILES string of the molecule is C#CCNC(=NCCNC(=O)CC1CCCC1)NCC.I. The van der Waals surface area contributed by atoms with Gasteiger partial charge in [-0.1, -0.05) is 18.8 Å². The lowest BCUT2D eigenvalue weighted by Crippen LogP contribution is -2.38. The summed E-state index contributed by atoms with van der Waals surface area (Å²) in [6.45, 7) is 4.34. The van der Waals surface area contributed by atoms with Crippen molar-refractivity contribution in [3.63, 3.8) is 0 Å². The van der Waals surface area contributed by atoms with E-state index in [9.17, 15) is 4.79 Å². The molecule has 0 saturated heterocycles. The number of terminal acetylenes is 1. The van der Waals surface area contributed by atoms with Crippen molar-refractivity contribution in [1.82, 2.24) is 16.0 Å². The molecule has 0 atom stereocenters. The van der Waals surface area contributed by atoms with E-state index < -0.39 is 0 Å². The lowest BCUT2D eigenvalue weighted by atomic mass is 10.0. The number of halogens is 1. The Kier molecular flexibility index (Phi) is 12.2. The molecule has 6 heteroatoms. The first-order valence-electron chi connectivity index (χ1n) is 7.48. The van der Waals surface area contributed by atoms with Gasteiger partial charge in [0.05, 0.1) is 13.1 Å². The molecule has 0 aliphatic heterocycles. The molecule has 0 heterocycles. The van der Waals surface area contributed by atoms with Crippen LogP contribution in [0.4, 0.5) is 0 Å². The van der Waals surface area contributed by atoms with Gasteiger partial charge in [-0.3, -0.25) is 9.79 Å². The predicted octanol–water partition coefficient (Wildman–Crippen LogP) is 1.49. The molecule has 1 amide bonds. The van der Waals surface area contributed by atoms with E-state index in [1.807, 2.05) is 6.92 Å². The Morgan fingerprint density at radius 1 is 1.29 bits per heavy atom. The first kappa shape index (κ1) is 20.0. The van der Waals surface area contributed by atoms with Crippen LogP contribution in [-0.4, -0.2) is 38.0 Å². The molecule has 3 N–H and O–H groups in total. The highest BCUT2D eigenvalue weighted by atomic mass is 127. The zero-order valence-corrected chi connectivity index (χ0v) is 15.1. The zero-order valence-electron chi connectivity index (χ0n) is 12.8. The molecule has 0 aromatic heterocycles. The number of nitrogens with zero attached hydrogens (tertiary/aromatic N) is 1. The highest BCUT2D eigenvalue weighted by Crippen LogP contribution is 2.27. The van der Waals surface area contributed by atoms with Crippen LogP contribution in [0.15, 0.2) is 4.99 Å². The van der Waals surface area contributed by atoms with Crippen LogP contribution in [-0.2, 0) is 4.79 Å². The molecular formula is C15H27IN4O. The van der Waals surface area contributed by atoms with Crippen LogP contribution >= 0.6 is 24.0 Å². The Hall–Kier alpha value is -0.970. The molecular weight excluding hydrogens is 379 g/mol. The summed E-state index contributed by atoms with van der Waals surface area (Å²) in [7, 11) is 0. The minimum Gasteiger partial charge on any atom is -0.357 e. The van der Waals surface area contributed by atoms with Gasteiger partial charge in [0, 0.05) is 19.5 Å². The van der Waals surface area contributed by atoms with Gasteiger partial charge in [0.2, 0.25) is 5.91 Å². The number of carbonyl (C=O) groups excluding carboxylic acids is 1. The Morgan fingerprint density at radius 2 is 2.00 bits per heavy atom. The van der Waals surface area contributed by atoms with E-state index in [-0.39, 0.29) is 29.9 Å². The van der Waals surface area contributed by atoms with E-state index >= 15 is 0 Å². The van der Waals surface area contributed by atoms with Gasteiger partial charge in [-0.25, -0.2) is 0 Å². The largest absolute Gasteiger partial charge is 0.357 e. The number of aliphatic imine (C=N–C) groups is 1. The van der Waals surface area contributed by atoms with Crippen LogP contribution in [0.5, 0.6) is 0 Å². The number of hydrogen-bond donors (Lipinski definition) is 3. The third-order valence-corrected chi connectivity index (χ3v) is 3.35. The fourth-order valence-corrected chi connectivity index (χ4v) is 2.39. The van der Waals surface area contributed by atoms with Crippen molar-refractivity contribution in [3.8, 4) is 12.3 Å². The summed E-state index contributed by atoms with van der Waals surface area (Å²) in [6.07, 6.45) is 10.8. The smallest absolute Gasteiger partial charge is 0.220 e. The highest BCUT2D eigenvalue weighted by molar-refractivity contribution is 14.0. The van der Waals surface area contributed by atoms with Crippen LogP contribution < -0.4 is 16.0 Å². The molecule has 0 radical (unpaired) electrons. The summed E-state index contributed by atoms with van der Waals surface area (Å²) < 4.78 is 0. The summed E-state index contributed by atoms with van der Waals surface area (Å²) in [6, 6.07) is 0. The average molecular weight is 406 g/mol. The van der Waals surface area contributed by atoms with Crippen molar-refractivity contribution in [2.75, 3.05) is 26.2 Å². The van der Waals surface area contributed by atoms with Gasteiger partial charge >= 0.3 is 0 Å². The van der Waals surface area contributed by atoms with Gasteiger partial charge in [-0.15, -0.1) is 30.4 Å². The number of nitrogens with one attached hydrogen (secondary N) is 3. The molecule has 0 aromatic carbocycles. The van der Waals surface area contributed by atoms with E-state index in [1.54, 1.807) is 0 Å². The molecule has 0 spiro atoms. The van der Waals surface area contributed by atoms with Crippen LogP contribution in [0.3, 0.4) is 0 Å². The topological polar surface area (TPSA) is 65.5 Å². The van der Waals surface area contributed by atoms with Crippen LogP contribution in [0.1, 0.15) is 39.0 Å². The van der Waals surface area contributed by atoms with Gasteiger partial charge in [-0.2, -0.15) is 0 Å². The van der Waals surface area contributed by atoms with Gasteiger partial charge in [-0.05, 0) is 25.7 Å². The first-order chi connectivity index (χ1) is 9.76. The lowest BCUT2D eigenvalue weighted by molar-refractivity contribution is -0.121. The molecule has 1 aliphatic carbocycles. The van der Waals surface area contributed by atoms with Gasteiger partial charge < -0.3 is 16.0 Å². The quantitative estimate of drug-likeness (QED) is 0.197. The van der Waals surface area contributed by atoms with E-state index in [2.05, 4.69) is 26.9 Å². The molecule has 1 rings (SSSR count). The minimum absolute atomic E-state index is 0. The molecule has 0 bridgehead atoms. The number of rotatable bonds is 7. The van der Waals surface area contributed by atoms with E-state index in [1.165, 1.54) is 25.7 Å². The number of guanidine groups is 1. The third-order valence-electron chi connectivity index (χ3n) is 3.35. The molecule has 21 heavy (non-hydrogen) atoms. The first-order valence-corrected chi connectivity index (χ1v) is 7.48. The van der Waals surface area contributed by atoms with Crippen molar-refractivity contribution in [1.29, 1.82) is 0 Å².